The molecule has 7 rings (SSSR count). The molecule has 9 nitrogen and oxygen atoms in total. The molecule has 0 saturated carbocycles. The molecular weight excluding hydrogens is 485 g/mol. The van der Waals surface area contributed by atoms with Crippen LogP contribution in [-0.2, 0) is 9.47 Å². The zero-order valence-corrected chi connectivity index (χ0v) is 21.1. The number of halogens is 1. The van der Waals surface area contributed by atoms with Crippen molar-refractivity contribution in [3.8, 4) is 22.5 Å². The molecule has 1 N–H and O–H groups in total. The van der Waals surface area contributed by atoms with Gasteiger partial charge in [-0.05, 0) is 61.6 Å². The van der Waals surface area contributed by atoms with Gasteiger partial charge in [-0.1, -0.05) is 0 Å². The summed E-state index contributed by atoms with van der Waals surface area (Å²) in [6, 6.07) is 7.91. The predicted molar refractivity (Wildman–Crippen MR) is 142 cm³/mol. The zero-order chi connectivity index (χ0) is 25.6. The maximum atomic E-state index is 15.8. The molecule has 2 aliphatic heterocycles. The Balaban J connectivity index is 1.51. The molecule has 5 aromatic heterocycles. The number of aromatic nitrogens is 6. The lowest BCUT2D eigenvalue weighted by atomic mass is 9.98. The van der Waals surface area contributed by atoms with Gasteiger partial charge in [0.15, 0.2) is 12.0 Å². The molecule has 10 heteroatoms. The van der Waals surface area contributed by atoms with Gasteiger partial charge in [0.2, 0.25) is 0 Å². The molecule has 0 aliphatic carbocycles. The SMILES string of the molecule is C[C@@H]1COCCN1c1cc(-c2ccnc3[nH]ccc23)c2c(F)cnc(-c3ccnn3C3CCCCO3)c2n1. The Bertz CT molecular complexity index is 1620. The third kappa shape index (κ3) is 3.83. The van der Waals surface area contributed by atoms with Crippen LogP contribution in [0.25, 0.3) is 44.5 Å². The second-order valence-corrected chi connectivity index (χ2v) is 9.90. The Morgan fingerprint density at radius 1 is 1.08 bits per heavy atom. The summed E-state index contributed by atoms with van der Waals surface area (Å²) < 4.78 is 29.4. The fourth-order valence-electron chi connectivity index (χ4n) is 5.65. The highest BCUT2D eigenvalue weighted by atomic mass is 19.1. The number of rotatable bonds is 4. The number of aromatic amines is 1. The number of nitrogens with zero attached hydrogens (tertiary/aromatic N) is 6. The highest BCUT2D eigenvalue weighted by molar-refractivity contribution is 6.07. The van der Waals surface area contributed by atoms with Crippen molar-refractivity contribution in [2.45, 2.75) is 38.5 Å². The molecule has 0 spiro atoms. The van der Waals surface area contributed by atoms with E-state index in [4.69, 9.17) is 14.5 Å². The first-order valence-corrected chi connectivity index (χ1v) is 13.1. The Kier molecular flexibility index (Phi) is 5.78. The molecule has 0 radical (unpaired) electrons. The third-order valence-corrected chi connectivity index (χ3v) is 7.53. The van der Waals surface area contributed by atoms with Crippen molar-refractivity contribution < 1.29 is 13.9 Å². The van der Waals surface area contributed by atoms with Gasteiger partial charge in [0.25, 0.3) is 0 Å². The fraction of sp³-hybridized carbons (Fsp3) is 0.357. The van der Waals surface area contributed by atoms with Crippen LogP contribution in [0.3, 0.4) is 0 Å². The van der Waals surface area contributed by atoms with Crippen LogP contribution in [-0.4, -0.2) is 62.1 Å². The number of hydrogen-bond acceptors (Lipinski definition) is 7. The summed E-state index contributed by atoms with van der Waals surface area (Å²) in [5, 5.41) is 5.91. The van der Waals surface area contributed by atoms with Crippen molar-refractivity contribution in [2.75, 3.05) is 31.3 Å². The van der Waals surface area contributed by atoms with E-state index in [9.17, 15) is 0 Å². The summed E-state index contributed by atoms with van der Waals surface area (Å²) >= 11 is 0. The highest BCUT2D eigenvalue weighted by Crippen LogP contribution is 2.40. The maximum Gasteiger partial charge on any atom is 0.151 e. The summed E-state index contributed by atoms with van der Waals surface area (Å²) in [7, 11) is 0. The van der Waals surface area contributed by atoms with Gasteiger partial charge in [-0.25, -0.2) is 24.0 Å². The van der Waals surface area contributed by atoms with E-state index in [0.717, 1.165) is 52.9 Å². The van der Waals surface area contributed by atoms with Crippen LogP contribution >= 0.6 is 0 Å². The van der Waals surface area contributed by atoms with E-state index in [2.05, 4.69) is 31.9 Å². The molecule has 0 bridgehead atoms. The van der Waals surface area contributed by atoms with Crippen LogP contribution in [0.15, 0.2) is 49.1 Å². The summed E-state index contributed by atoms with van der Waals surface area (Å²) in [6.07, 6.45) is 9.41. The van der Waals surface area contributed by atoms with E-state index in [1.807, 2.05) is 35.1 Å². The normalized spacial score (nSPS) is 20.4. The van der Waals surface area contributed by atoms with Gasteiger partial charge >= 0.3 is 0 Å². The molecular formula is C28H28FN7O2. The monoisotopic (exact) mass is 513 g/mol. The molecule has 0 amide bonds. The molecule has 2 fully saturated rings. The van der Waals surface area contributed by atoms with Gasteiger partial charge in [-0.15, -0.1) is 0 Å². The zero-order valence-electron chi connectivity index (χ0n) is 21.1. The number of nitrogens with one attached hydrogen (secondary N) is 1. The largest absolute Gasteiger partial charge is 0.377 e. The fourth-order valence-corrected chi connectivity index (χ4v) is 5.65. The summed E-state index contributed by atoms with van der Waals surface area (Å²) in [5.74, 6) is 0.339. The van der Waals surface area contributed by atoms with E-state index in [1.165, 1.54) is 6.20 Å². The standard InChI is InChI=1S/C28H28FN7O2/c1-17-16-37-13-11-35(17)23-14-20(18-5-8-30-28-19(18)6-9-31-28)25-21(29)15-32-26(27(25)34-23)22-7-10-33-36(22)24-4-2-3-12-38-24/h5-10,14-15,17,24H,2-4,11-13,16H2,1H3,(H,30,31)/t17-,24?/m1/s1. The number of H-pyrrole nitrogens is 1. The van der Waals surface area contributed by atoms with E-state index in [0.29, 0.717) is 43.0 Å². The first-order valence-electron chi connectivity index (χ1n) is 13.1. The first-order chi connectivity index (χ1) is 18.7. The van der Waals surface area contributed by atoms with E-state index < -0.39 is 5.82 Å². The molecule has 2 atom stereocenters. The minimum absolute atomic E-state index is 0.123. The second-order valence-electron chi connectivity index (χ2n) is 9.90. The van der Waals surface area contributed by atoms with Crippen LogP contribution in [0.4, 0.5) is 10.2 Å². The van der Waals surface area contributed by atoms with Gasteiger partial charge in [-0.2, -0.15) is 5.10 Å². The third-order valence-electron chi connectivity index (χ3n) is 7.53. The Labute approximate surface area is 218 Å². The van der Waals surface area contributed by atoms with Gasteiger partial charge < -0.3 is 19.4 Å². The Hall–Kier alpha value is -3.89. The lowest BCUT2D eigenvalue weighted by molar-refractivity contribution is -0.0383. The van der Waals surface area contributed by atoms with Gasteiger partial charge in [0.1, 0.15) is 22.7 Å². The number of fused-ring (bicyclic) bond motifs is 2. The number of morpholine rings is 1. The van der Waals surface area contributed by atoms with Gasteiger partial charge in [0, 0.05) is 42.5 Å². The van der Waals surface area contributed by atoms with E-state index in [-0.39, 0.29) is 12.3 Å². The van der Waals surface area contributed by atoms with Crippen molar-refractivity contribution in [3.63, 3.8) is 0 Å². The molecule has 7 heterocycles. The predicted octanol–water partition coefficient (Wildman–Crippen LogP) is 5.10. The molecule has 0 aromatic carbocycles. The van der Waals surface area contributed by atoms with Crippen LogP contribution in [0.5, 0.6) is 0 Å². The molecule has 38 heavy (non-hydrogen) atoms. The van der Waals surface area contributed by atoms with Crippen LogP contribution < -0.4 is 4.90 Å². The van der Waals surface area contributed by atoms with Crippen LogP contribution in [0.1, 0.15) is 32.4 Å². The first kappa shape index (κ1) is 23.2. The number of pyridine rings is 3. The lowest BCUT2D eigenvalue weighted by Crippen LogP contribution is -2.44. The average Bonchev–Trinajstić information content (AvgIpc) is 3.64. The van der Waals surface area contributed by atoms with Crippen molar-refractivity contribution >= 4 is 27.8 Å². The molecule has 2 aliphatic rings. The topological polar surface area (TPSA) is 94.0 Å². The Morgan fingerprint density at radius 2 is 2.03 bits per heavy atom. The minimum atomic E-state index is -0.423. The number of ether oxygens (including phenoxy) is 2. The number of hydrogen-bond donors (Lipinski definition) is 1. The lowest BCUT2D eigenvalue weighted by Gasteiger charge is -2.34. The van der Waals surface area contributed by atoms with Crippen molar-refractivity contribution in [1.82, 2.24) is 29.7 Å². The van der Waals surface area contributed by atoms with E-state index in [1.54, 1.807) is 12.4 Å². The molecule has 5 aromatic rings. The molecule has 1 unspecified atom stereocenters. The van der Waals surface area contributed by atoms with Crippen molar-refractivity contribution in [2.24, 2.45) is 0 Å². The Morgan fingerprint density at radius 3 is 2.89 bits per heavy atom. The second kappa shape index (κ2) is 9.45. The average molecular weight is 514 g/mol. The number of anilines is 1. The maximum absolute atomic E-state index is 15.8. The minimum Gasteiger partial charge on any atom is -0.377 e. The molecule has 2 saturated heterocycles. The summed E-state index contributed by atoms with van der Waals surface area (Å²) in [5.41, 5.74) is 4.21. The van der Waals surface area contributed by atoms with E-state index >= 15 is 4.39 Å². The quantitative estimate of drug-likeness (QED) is 0.357. The van der Waals surface area contributed by atoms with Crippen molar-refractivity contribution in [3.05, 3.63) is 54.9 Å². The van der Waals surface area contributed by atoms with Crippen molar-refractivity contribution in [1.29, 1.82) is 0 Å². The van der Waals surface area contributed by atoms with Crippen LogP contribution in [0.2, 0.25) is 0 Å². The van der Waals surface area contributed by atoms with Gasteiger partial charge in [-0.3, -0.25) is 0 Å². The highest BCUT2D eigenvalue weighted by Gasteiger charge is 2.27. The summed E-state index contributed by atoms with van der Waals surface area (Å²) in [4.78, 5) is 19.5. The van der Waals surface area contributed by atoms with Gasteiger partial charge in [0.05, 0.1) is 31.1 Å². The summed E-state index contributed by atoms with van der Waals surface area (Å²) in [6.45, 7) is 4.71. The smallest absolute Gasteiger partial charge is 0.151 e. The van der Waals surface area contributed by atoms with Crippen LogP contribution in [0, 0.1) is 5.82 Å². The molecule has 194 valence electrons.